The summed E-state index contributed by atoms with van der Waals surface area (Å²) in [5.74, 6) is 2.14. The maximum Gasteiger partial charge on any atom is 0.166 e. The maximum absolute atomic E-state index is 13.5. The van der Waals surface area contributed by atoms with Gasteiger partial charge in [-0.3, -0.25) is 9.59 Å². The highest BCUT2D eigenvalue weighted by Gasteiger charge is 2.45. The van der Waals surface area contributed by atoms with E-state index in [2.05, 4.69) is 59.0 Å². The Balaban J connectivity index is 1.35. The van der Waals surface area contributed by atoms with E-state index in [1.165, 1.54) is 79.7 Å². The number of carbonyl (C=O) groups excluding carboxylic acids is 2. The Morgan fingerprint density at radius 1 is 0.571 bits per heavy atom. The Labute approximate surface area is 243 Å². The van der Waals surface area contributed by atoms with Crippen molar-refractivity contribution in [3.8, 4) is 11.1 Å². The zero-order valence-electron chi connectivity index (χ0n) is 23.6. The summed E-state index contributed by atoms with van der Waals surface area (Å²) >= 11 is 0. The molecule has 13 rings (SSSR count). The van der Waals surface area contributed by atoms with Crippen LogP contribution in [-0.4, -0.2) is 16.0 Å². The molecule has 3 nitrogen and oxygen atoms in total. The molecule has 6 aromatic rings. The molecule has 2 saturated carbocycles. The van der Waals surface area contributed by atoms with E-state index in [1.807, 2.05) is 0 Å². The molecule has 0 radical (unpaired) electrons. The molecule has 0 unspecified atom stereocenters. The van der Waals surface area contributed by atoms with E-state index in [9.17, 15) is 9.59 Å². The molecule has 4 bridgehead atoms. The Kier molecular flexibility index (Phi) is 4.04. The molecular weight excluding hydrogens is 514 g/mol. The number of aryl methyl sites for hydroxylation is 2. The van der Waals surface area contributed by atoms with Gasteiger partial charge in [0, 0.05) is 44.5 Å². The molecule has 2 heterocycles. The highest BCUT2D eigenvalue weighted by atomic mass is 16.1. The van der Waals surface area contributed by atoms with Gasteiger partial charge in [-0.2, -0.15) is 0 Å². The second-order valence-electron chi connectivity index (χ2n) is 14.1. The van der Waals surface area contributed by atoms with Gasteiger partial charge in [-0.1, -0.05) is 30.7 Å². The van der Waals surface area contributed by atoms with E-state index in [1.54, 1.807) is 0 Å². The van der Waals surface area contributed by atoms with Gasteiger partial charge in [0.1, 0.15) is 0 Å². The van der Waals surface area contributed by atoms with Gasteiger partial charge in [0.25, 0.3) is 0 Å². The van der Waals surface area contributed by atoms with Crippen molar-refractivity contribution in [1.82, 2.24) is 4.40 Å². The van der Waals surface area contributed by atoms with Gasteiger partial charge >= 0.3 is 0 Å². The normalized spacial score (nSPS) is 25.8. The third kappa shape index (κ3) is 2.57. The highest BCUT2D eigenvalue weighted by Crippen LogP contribution is 2.55. The molecule has 7 aliphatic rings. The average Bonchev–Trinajstić information content (AvgIpc) is 3.47. The fourth-order valence-corrected chi connectivity index (χ4v) is 9.82. The van der Waals surface area contributed by atoms with Crippen molar-refractivity contribution in [3.63, 3.8) is 0 Å². The third-order valence-corrected chi connectivity index (χ3v) is 12.1. The quantitative estimate of drug-likeness (QED) is 0.191. The second kappa shape index (κ2) is 7.50. The molecular formula is C39H31NO2. The Hall–Kier alpha value is -3.98. The minimum Gasteiger partial charge on any atom is -0.308 e. The van der Waals surface area contributed by atoms with Crippen LogP contribution in [0, 0.1) is 11.8 Å². The standard InChI is InChI=1S/C39H31NO2/c41-38-22-10-20(11-22)26-14-29-30-16-28-24-8-5-4-7-19(24)6-2-1-3-9-25(28)36-33-15-27-21-12-23(13-21)39(42)32(27)18-35(33)40(37(30)36)34(29)17-31(26)38/h4-5,7-8,14-18,20-23H,1-3,6,9-13H2. The summed E-state index contributed by atoms with van der Waals surface area (Å²) in [6.45, 7) is 0. The number of rotatable bonds is 0. The van der Waals surface area contributed by atoms with Crippen LogP contribution in [-0.2, 0) is 12.8 Å². The monoisotopic (exact) mass is 545 g/mol. The number of nitrogens with zero attached hydrogens (tertiary/aromatic N) is 1. The number of aromatic nitrogens is 1. The van der Waals surface area contributed by atoms with Gasteiger partial charge in [-0.05, 0) is 127 Å². The Morgan fingerprint density at radius 3 is 1.95 bits per heavy atom. The SMILES string of the molecule is O=C1c2cc3c(cc2C2CC1C2)c1cc2c(c4c5cc6c(cc5n3c14)C(=O)C1CC6C1)CCCCCc1ccccc1-2. The lowest BCUT2D eigenvalue weighted by molar-refractivity contribution is 0.0786. The van der Waals surface area contributed by atoms with Crippen molar-refractivity contribution in [2.75, 3.05) is 0 Å². The lowest BCUT2D eigenvalue weighted by Gasteiger charge is -2.41. The molecule has 0 aliphatic heterocycles. The average molecular weight is 546 g/mol. The minimum absolute atomic E-state index is 0.211. The van der Waals surface area contributed by atoms with Crippen LogP contribution in [0.15, 0.2) is 54.6 Å². The van der Waals surface area contributed by atoms with Crippen LogP contribution < -0.4 is 0 Å². The van der Waals surface area contributed by atoms with E-state index < -0.39 is 0 Å². The maximum atomic E-state index is 13.5. The summed E-state index contributed by atoms with van der Waals surface area (Å²) in [6.07, 6.45) is 9.92. The van der Waals surface area contributed by atoms with Crippen LogP contribution in [0.25, 0.3) is 49.2 Å². The predicted octanol–water partition coefficient (Wildman–Crippen LogP) is 9.15. The smallest absolute Gasteiger partial charge is 0.166 e. The van der Waals surface area contributed by atoms with Gasteiger partial charge in [-0.15, -0.1) is 0 Å². The van der Waals surface area contributed by atoms with Gasteiger partial charge in [0.2, 0.25) is 0 Å². The molecule has 0 N–H and O–H groups in total. The number of hydrogen-bond acceptors (Lipinski definition) is 2. The molecule has 0 amide bonds. The minimum atomic E-state index is 0.211. The molecule has 42 heavy (non-hydrogen) atoms. The molecule has 204 valence electrons. The molecule has 2 aromatic heterocycles. The van der Waals surface area contributed by atoms with Crippen molar-refractivity contribution in [2.24, 2.45) is 11.8 Å². The number of hydrogen-bond donors (Lipinski definition) is 0. The van der Waals surface area contributed by atoms with Crippen molar-refractivity contribution in [1.29, 1.82) is 0 Å². The first-order valence-corrected chi connectivity index (χ1v) is 16.2. The summed E-state index contributed by atoms with van der Waals surface area (Å²) in [6, 6.07) is 20.8. The number of carbonyl (C=O) groups is 2. The van der Waals surface area contributed by atoms with Crippen molar-refractivity contribution in [2.45, 2.75) is 69.6 Å². The number of fused-ring (bicyclic) bond motifs is 10. The van der Waals surface area contributed by atoms with E-state index in [4.69, 9.17) is 0 Å². The first kappa shape index (κ1) is 22.6. The number of ketones is 2. The summed E-state index contributed by atoms with van der Waals surface area (Å²) < 4.78 is 2.44. The van der Waals surface area contributed by atoms with E-state index >= 15 is 0 Å². The lowest BCUT2D eigenvalue weighted by atomic mass is 9.61. The first-order valence-electron chi connectivity index (χ1n) is 16.2. The summed E-state index contributed by atoms with van der Waals surface area (Å²) in [5, 5.41) is 5.25. The molecule has 0 spiro atoms. The van der Waals surface area contributed by atoms with Gasteiger partial charge in [0.15, 0.2) is 11.6 Å². The summed E-state index contributed by atoms with van der Waals surface area (Å²) in [5.41, 5.74) is 13.7. The fourth-order valence-electron chi connectivity index (χ4n) is 9.82. The molecule has 0 atom stereocenters. The van der Waals surface area contributed by atoms with Crippen LogP contribution >= 0.6 is 0 Å². The molecule has 4 aromatic carbocycles. The van der Waals surface area contributed by atoms with Crippen molar-refractivity contribution >= 4 is 49.7 Å². The molecule has 3 heteroatoms. The van der Waals surface area contributed by atoms with Crippen LogP contribution in [0.5, 0.6) is 0 Å². The third-order valence-electron chi connectivity index (χ3n) is 12.1. The molecule has 2 fully saturated rings. The predicted molar refractivity (Wildman–Crippen MR) is 167 cm³/mol. The fraction of sp³-hybridized carbons (Fsp3) is 0.333. The Bertz CT molecular complexity index is 2240. The largest absolute Gasteiger partial charge is 0.308 e. The summed E-state index contributed by atoms with van der Waals surface area (Å²) in [7, 11) is 0. The van der Waals surface area contributed by atoms with Crippen LogP contribution in [0.2, 0.25) is 0 Å². The van der Waals surface area contributed by atoms with Gasteiger partial charge in [0.05, 0.1) is 16.6 Å². The molecule has 7 aliphatic carbocycles. The van der Waals surface area contributed by atoms with Crippen molar-refractivity contribution in [3.05, 3.63) is 88.0 Å². The van der Waals surface area contributed by atoms with Crippen molar-refractivity contribution < 1.29 is 9.59 Å². The van der Waals surface area contributed by atoms with E-state index in [0.29, 0.717) is 23.4 Å². The topological polar surface area (TPSA) is 38.5 Å². The zero-order valence-corrected chi connectivity index (χ0v) is 23.6. The molecule has 0 saturated heterocycles. The number of benzene rings is 4. The summed E-state index contributed by atoms with van der Waals surface area (Å²) in [4.78, 5) is 26.9. The van der Waals surface area contributed by atoms with Crippen LogP contribution in [0.3, 0.4) is 0 Å². The van der Waals surface area contributed by atoms with Gasteiger partial charge < -0.3 is 4.40 Å². The lowest BCUT2D eigenvalue weighted by Crippen LogP contribution is -2.36. The highest BCUT2D eigenvalue weighted by molar-refractivity contribution is 6.27. The zero-order chi connectivity index (χ0) is 27.4. The number of Topliss-reactive ketones (excluding diaryl/α,β-unsaturated/α-hetero) is 2. The van der Waals surface area contributed by atoms with Crippen LogP contribution in [0.4, 0.5) is 0 Å². The van der Waals surface area contributed by atoms with E-state index in [-0.39, 0.29) is 11.8 Å². The Morgan fingerprint density at radius 2 is 1.21 bits per heavy atom. The second-order valence-corrected chi connectivity index (χ2v) is 14.1. The van der Waals surface area contributed by atoms with Gasteiger partial charge in [-0.25, -0.2) is 0 Å². The van der Waals surface area contributed by atoms with Crippen LogP contribution in [0.1, 0.15) is 99.8 Å². The first-order chi connectivity index (χ1) is 20.6. The van der Waals surface area contributed by atoms with E-state index in [0.717, 1.165) is 60.7 Å².